The molecule has 0 saturated heterocycles. The summed E-state index contributed by atoms with van der Waals surface area (Å²) in [5.74, 6) is 0.0464. The summed E-state index contributed by atoms with van der Waals surface area (Å²) < 4.78 is 1.78. The molecule has 2 aromatic rings. The number of carbonyl (C=O) groups excluding carboxylic acids is 1. The number of aryl methyl sites for hydroxylation is 3. The Labute approximate surface area is 130 Å². The summed E-state index contributed by atoms with van der Waals surface area (Å²) in [6.45, 7) is 6.00. The van der Waals surface area contributed by atoms with Crippen molar-refractivity contribution < 1.29 is 4.79 Å². The average Bonchev–Trinajstić information content (AvgIpc) is 2.33. The summed E-state index contributed by atoms with van der Waals surface area (Å²) in [6.07, 6.45) is 0. The molecule has 0 heterocycles. The molecular formula is C16H14Br2O. The first-order valence-corrected chi connectivity index (χ1v) is 7.56. The molecule has 2 rings (SSSR count). The van der Waals surface area contributed by atoms with Crippen LogP contribution in [0.4, 0.5) is 0 Å². The van der Waals surface area contributed by atoms with Gasteiger partial charge < -0.3 is 0 Å². The Morgan fingerprint density at radius 3 is 2.16 bits per heavy atom. The number of ketones is 1. The van der Waals surface area contributed by atoms with Crippen LogP contribution in [0.5, 0.6) is 0 Å². The third kappa shape index (κ3) is 2.98. The minimum absolute atomic E-state index is 0.0464. The monoisotopic (exact) mass is 380 g/mol. The van der Waals surface area contributed by atoms with Crippen LogP contribution in [0.2, 0.25) is 0 Å². The maximum atomic E-state index is 12.6. The van der Waals surface area contributed by atoms with Crippen LogP contribution in [0.3, 0.4) is 0 Å². The molecule has 0 amide bonds. The highest BCUT2D eigenvalue weighted by atomic mass is 79.9. The topological polar surface area (TPSA) is 17.1 Å². The second kappa shape index (κ2) is 5.59. The van der Waals surface area contributed by atoms with Crippen molar-refractivity contribution in [3.05, 3.63) is 67.1 Å². The van der Waals surface area contributed by atoms with Gasteiger partial charge in [-0.3, -0.25) is 4.79 Å². The molecule has 0 bridgehead atoms. The van der Waals surface area contributed by atoms with E-state index < -0.39 is 0 Å². The minimum atomic E-state index is 0.0464. The van der Waals surface area contributed by atoms with E-state index in [1.165, 1.54) is 5.56 Å². The van der Waals surface area contributed by atoms with Gasteiger partial charge in [-0.1, -0.05) is 55.6 Å². The Bertz CT molecular complexity index is 660. The summed E-state index contributed by atoms with van der Waals surface area (Å²) in [5.41, 5.74) is 4.71. The molecule has 1 nitrogen and oxygen atoms in total. The van der Waals surface area contributed by atoms with Gasteiger partial charge in [-0.2, -0.15) is 0 Å². The van der Waals surface area contributed by atoms with Gasteiger partial charge in [0.05, 0.1) is 0 Å². The fourth-order valence-electron chi connectivity index (χ4n) is 2.03. The molecule has 0 radical (unpaired) electrons. The average molecular weight is 382 g/mol. The molecule has 2 aromatic carbocycles. The van der Waals surface area contributed by atoms with Gasteiger partial charge in [0.1, 0.15) is 0 Å². The van der Waals surface area contributed by atoms with Crippen LogP contribution in [-0.2, 0) is 0 Å². The lowest BCUT2D eigenvalue weighted by atomic mass is 9.97. The molecule has 0 fully saturated rings. The van der Waals surface area contributed by atoms with E-state index in [0.29, 0.717) is 5.56 Å². The quantitative estimate of drug-likeness (QED) is 0.639. The SMILES string of the molecule is Cc1ccc(C(=O)c2cc(Br)c(C)cc2Br)c(C)c1. The van der Waals surface area contributed by atoms with Gasteiger partial charge >= 0.3 is 0 Å². The van der Waals surface area contributed by atoms with E-state index in [1.54, 1.807) is 0 Å². The molecule has 0 aliphatic heterocycles. The zero-order chi connectivity index (χ0) is 14.2. The van der Waals surface area contributed by atoms with Crippen LogP contribution in [0.25, 0.3) is 0 Å². The van der Waals surface area contributed by atoms with Crippen LogP contribution in [0.1, 0.15) is 32.6 Å². The molecule has 0 unspecified atom stereocenters. The number of halogens is 2. The second-order valence-electron chi connectivity index (χ2n) is 4.73. The largest absolute Gasteiger partial charge is 0.289 e. The maximum Gasteiger partial charge on any atom is 0.194 e. The third-order valence-electron chi connectivity index (χ3n) is 3.12. The van der Waals surface area contributed by atoms with Gasteiger partial charge in [0.15, 0.2) is 5.78 Å². The first kappa shape index (κ1) is 14.5. The summed E-state index contributed by atoms with van der Waals surface area (Å²) in [7, 11) is 0. The van der Waals surface area contributed by atoms with Crippen molar-refractivity contribution in [2.75, 3.05) is 0 Å². The predicted molar refractivity (Wildman–Crippen MR) is 85.9 cm³/mol. The van der Waals surface area contributed by atoms with Crippen molar-refractivity contribution in [2.24, 2.45) is 0 Å². The molecule has 98 valence electrons. The standard InChI is InChI=1S/C16H14Br2O/c1-9-4-5-12(10(2)6-9)16(19)13-8-14(17)11(3)7-15(13)18/h4-8H,1-3H3. The molecule has 0 aliphatic carbocycles. The van der Waals surface area contributed by atoms with Gasteiger partial charge in [-0.25, -0.2) is 0 Å². The first-order valence-electron chi connectivity index (χ1n) is 5.97. The summed E-state index contributed by atoms with van der Waals surface area (Å²) in [4.78, 5) is 12.6. The lowest BCUT2D eigenvalue weighted by molar-refractivity contribution is 0.103. The Kier molecular flexibility index (Phi) is 4.26. The normalized spacial score (nSPS) is 10.6. The van der Waals surface area contributed by atoms with Crippen molar-refractivity contribution in [3.8, 4) is 0 Å². The van der Waals surface area contributed by atoms with Gasteiger partial charge in [0.25, 0.3) is 0 Å². The van der Waals surface area contributed by atoms with E-state index in [9.17, 15) is 4.79 Å². The molecule has 0 saturated carbocycles. The predicted octanol–water partition coefficient (Wildman–Crippen LogP) is 5.37. The van der Waals surface area contributed by atoms with Gasteiger partial charge in [-0.05, 0) is 44.0 Å². The smallest absolute Gasteiger partial charge is 0.194 e. The van der Waals surface area contributed by atoms with Gasteiger partial charge in [0, 0.05) is 20.1 Å². The number of hydrogen-bond donors (Lipinski definition) is 0. The van der Waals surface area contributed by atoms with E-state index in [0.717, 1.165) is 25.6 Å². The van der Waals surface area contributed by atoms with Gasteiger partial charge in [0.2, 0.25) is 0 Å². The molecule has 0 aliphatic rings. The fourth-order valence-corrected chi connectivity index (χ4v) is 3.02. The van der Waals surface area contributed by atoms with E-state index in [4.69, 9.17) is 0 Å². The molecule has 0 N–H and O–H groups in total. The van der Waals surface area contributed by atoms with E-state index in [2.05, 4.69) is 31.9 Å². The summed E-state index contributed by atoms with van der Waals surface area (Å²) >= 11 is 6.95. The van der Waals surface area contributed by atoms with E-state index in [-0.39, 0.29) is 5.78 Å². The maximum absolute atomic E-state index is 12.6. The molecule has 0 aromatic heterocycles. The van der Waals surface area contributed by atoms with E-state index >= 15 is 0 Å². The Hall–Kier alpha value is -0.930. The summed E-state index contributed by atoms with van der Waals surface area (Å²) in [6, 6.07) is 9.73. The molecule has 0 spiro atoms. The van der Waals surface area contributed by atoms with Crippen molar-refractivity contribution in [1.29, 1.82) is 0 Å². The zero-order valence-corrected chi connectivity index (χ0v) is 14.2. The molecule has 0 atom stereocenters. The van der Waals surface area contributed by atoms with Crippen LogP contribution in [0, 0.1) is 20.8 Å². The number of benzene rings is 2. The Morgan fingerprint density at radius 1 is 0.842 bits per heavy atom. The van der Waals surface area contributed by atoms with Crippen molar-refractivity contribution in [1.82, 2.24) is 0 Å². The molecular weight excluding hydrogens is 368 g/mol. The minimum Gasteiger partial charge on any atom is -0.289 e. The molecule has 3 heteroatoms. The highest BCUT2D eigenvalue weighted by molar-refractivity contribution is 9.11. The first-order chi connectivity index (χ1) is 8.90. The fraction of sp³-hybridized carbons (Fsp3) is 0.188. The van der Waals surface area contributed by atoms with Gasteiger partial charge in [-0.15, -0.1) is 0 Å². The Balaban J connectivity index is 2.53. The molecule has 19 heavy (non-hydrogen) atoms. The zero-order valence-electron chi connectivity index (χ0n) is 11.1. The number of carbonyl (C=O) groups is 1. The number of rotatable bonds is 2. The van der Waals surface area contributed by atoms with Crippen molar-refractivity contribution in [3.63, 3.8) is 0 Å². The Morgan fingerprint density at radius 2 is 1.53 bits per heavy atom. The van der Waals surface area contributed by atoms with Crippen LogP contribution in [0.15, 0.2) is 39.3 Å². The van der Waals surface area contributed by atoms with Crippen molar-refractivity contribution >= 4 is 37.6 Å². The highest BCUT2D eigenvalue weighted by Crippen LogP contribution is 2.28. The van der Waals surface area contributed by atoms with E-state index in [1.807, 2.05) is 51.1 Å². The lowest BCUT2D eigenvalue weighted by Gasteiger charge is -2.09. The van der Waals surface area contributed by atoms with Crippen LogP contribution < -0.4 is 0 Å². The number of hydrogen-bond acceptors (Lipinski definition) is 1. The third-order valence-corrected chi connectivity index (χ3v) is 4.63. The second-order valence-corrected chi connectivity index (χ2v) is 6.44. The van der Waals surface area contributed by atoms with Crippen molar-refractivity contribution in [2.45, 2.75) is 20.8 Å². The van der Waals surface area contributed by atoms with Crippen LogP contribution >= 0.6 is 31.9 Å². The lowest BCUT2D eigenvalue weighted by Crippen LogP contribution is -2.05. The summed E-state index contributed by atoms with van der Waals surface area (Å²) in [5, 5.41) is 0. The highest BCUT2D eigenvalue weighted by Gasteiger charge is 2.16. The van der Waals surface area contributed by atoms with Crippen LogP contribution in [-0.4, -0.2) is 5.78 Å².